The highest BCUT2D eigenvalue weighted by Gasteiger charge is 2.52. The highest BCUT2D eigenvalue weighted by atomic mass is 31.1. The lowest BCUT2D eigenvalue weighted by Crippen LogP contribution is -2.64. The fourth-order valence-electron chi connectivity index (χ4n) is 5.63. The second kappa shape index (κ2) is 18.4. The first-order valence-corrected chi connectivity index (χ1v) is 17.1. The normalized spacial score (nSPS) is 28.0. The van der Waals surface area contributed by atoms with Gasteiger partial charge in [0.2, 0.25) is 11.9 Å². The van der Waals surface area contributed by atoms with Gasteiger partial charge < -0.3 is 59.9 Å². The summed E-state index contributed by atoms with van der Waals surface area (Å²) in [6.45, 7) is 1.12. The summed E-state index contributed by atoms with van der Waals surface area (Å²) in [6.07, 6.45) is -6.67. The van der Waals surface area contributed by atoms with Crippen LogP contribution in [0.5, 0.6) is 0 Å². The lowest BCUT2D eigenvalue weighted by Gasteiger charge is -2.42. The number of ether oxygens (including phenoxy) is 6. The number of hydrogen-bond acceptors (Lipinski definition) is 19. The number of nitrogens with one attached hydrogen (secondary N) is 2. The van der Waals surface area contributed by atoms with Crippen molar-refractivity contribution in [2.45, 2.75) is 75.3 Å². The fraction of sp³-hybridized carbons (Fsp3) is 0.704. The van der Waals surface area contributed by atoms with Crippen molar-refractivity contribution in [3.8, 4) is 0 Å². The molecule has 0 radical (unpaired) electrons. The third kappa shape index (κ3) is 9.67. The molecule has 2 saturated heterocycles. The highest BCUT2D eigenvalue weighted by molar-refractivity contribution is 7.32. The number of fused-ring (bicyclic) bond motifs is 1. The third-order valence-corrected chi connectivity index (χ3v) is 8.43. The maximum Gasteiger partial charge on any atom is 0.695 e. The number of anilines is 1. The molecular weight excluding hydrogens is 721 g/mol. The van der Waals surface area contributed by atoms with Crippen molar-refractivity contribution in [2.24, 2.45) is 0 Å². The molecule has 10 atom stereocenters. The lowest BCUT2D eigenvalue weighted by atomic mass is 9.97. The molecule has 2 fully saturated rings. The number of aromatic nitrogens is 7. The summed E-state index contributed by atoms with van der Waals surface area (Å²) in [7, 11) is -3.12. The molecule has 3 aromatic heterocycles. The molecule has 52 heavy (non-hydrogen) atoms. The molecule has 2 aliphatic rings. The lowest BCUT2D eigenvalue weighted by molar-refractivity contribution is -0.272. The van der Waals surface area contributed by atoms with E-state index in [2.05, 4.69) is 30.6 Å². The van der Waals surface area contributed by atoms with Crippen molar-refractivity contribution in [1.29, 1.82) is 0 Å². The quantitative estimate of drug-likeness (QED) is 0.0424. The minimum absolute atomic E-state index is 0.0232. The molecule has 0 aliphatic carbocycles. The van der Waals surface area contributed by atoms with Crippen LogP contribution in [0.25, 0.3) is 11.2 Å². The van der Waals surface area contributed by atoms with Crippen LogP contribution in [-0.2, 0) is 55.5 Å². The number of aliphatic hydroxyl groups is 4. The molecule has 288 valence electrons. The average Bonchev–Trinajstić information content (AvgIpc) is 3.82. The minimum atomic E-state index is -3.12. The minimum Gasteiger partial charge on any atom is -0.394 e. The molecular formula is C27H41N9O15P+. The smallest absolute Gasteiger partial charge is 0.394 e. The van der Waals surface area contributed by atoms with Crippen LogP contribution in [0, 0.1) is 0 Å². The molecule has 0 spiro atoms. The van der Waals surface area contributed by atoms with Gasteiger partial charge in [-0.3, -0.25) is 19.1 Å². The Hall–Kier alpha value is -3.62. The second-order valence-corrected chi connectivity index (χ2v) is 12.3. The Labute approximate surface area is 294 Å². The number of nitrogens with two attached hydrogens (primary N) is 1. The van der Waals surface area contributed by atoms with Crippen molar-refractivity contribution in [1.82, 2.24) is 39.8 Å². The van der Waals surface area contributed by atoms with E-state index >= 15 is 0 Å². The molecule has 3 aromatic rings. The molecule has 1 amide bonds. The van der Waals surface area contributed by atoms with Gasteiger partial charge >= 0.3 is 8.25 Å². The SMILES string of the molecule is CC(=O)NC1C(OCCOCCOCCn2cc(CO[C@H]3C(O[P+](=O)O)[C@@H](CO)O[C@H]3n3cnc4c(=O)[nH]c(N)nc43)nn2)OC(CO)C(O)C1O. The maximum absolute atomic E-state index is 12.3. The van der Waals surface area contributed by atoms with Gasteiger partial charge in [-0.15, -0.1) is 14.5 Å². The number of amides is 1. The zero-order chi connectivity index (χ0) is 37.4. The van der Waals surface area contributed by atoms with E-state index in [-0.39, 0.29) is 56.8 Å². The maximum atomic E-state index is 12.3. The zero-order valence-corrected chi connectivity index (χ0v) is 28.6. The van der Waals surface area contributed by atoms with Crippen LogP contribution in [0.4, 0.5) is 5.95 Å². The highest BCUT2D eigenvalue weighted by Crippen LogP contribution is 2.39. The van der Waals surface area contributed by atoms with Gasteiger partial charge in [0.15, 0.2) is 29.8 Å². The summed E-state index contributed by atoms with van der Waals surface area (Å²) in [4.78, 5) is 43.8. The Morgan fingerprint density at radius 2 is 1.79 bits per heavy atom. The summed E-state index contributed by atoms with van der Waals surface area (Å²) in [5, 5.41) is 50.3. The fourth-order valence-corrected chi connectivity index (χ4v) is 6.09. The van der Waals surface area contributed by atoms with Crippen LogP contribution in [0.3, 0.4) is 0 Å². The summed E-state index contributed by atoms with van der Waals surface area (Å²) < 4.78 is 53.7. The third-order valence-electron chi connectivity index (χ3n) is 8.01. The van der Waals surface area contributed by atoms with E-state index in [1.165, 1.54) is 22.5 Å². The number of carbonyl (C=O) groups is 1. The van der Waals surface area contributed by atoms with Crippen molar-refractivity contribution in [3.05, 3.63) is 28.6 Å². The van der Waals surface area contributed by atoms with Crippen molar-refractivity contribution in [3.63, 3.8) is 0 Å². The van der Waals surface area contributed by atoms with Gasteiger partial charge in [-0.25, -0.2) is 9.67 Å². The van der Waals surface area contributed by atoms with Gasteiger partial charge in [-0.2, -0.15) is 4.98 Å². The summed E-state index contributed by atoms with van der Waals surface area (Å²) in [6, 6.07) is -1.05. The van der Waals surface area contributed by atoms with E-state index in [0.717, 1.165) is 0 Å². The number of aliphatic hydroxyl groups excluding tert-OH is 4. The largest absolute Gasteiger partial charge is 0.695 e. The average molecular weight is 763 g/mol. The summed E-state index contributed by atoms with van der Waals surface area (Å²) in [5.41, 5.74) is 5.52. The summed E-state index contributed by atoms with van der Waals surface area (Å²) >= 11 is 0. The predicted octanol–water partition coefficient (Wildman–Crippen LogP) is -4.20. The van der Waals surface area contributed by atoms with E-state index in [1.807, 2.05) is 0 Å². The number of aromatic amines is 1. The van der Waals surface area contributed by atoms with Gasteiger partial charge in [0.1, 0.15) is 42.3 Å². The standard InChI is InChI=1S/C27H40N9O15P/c1-13(39)30-17-20(41)19(40)15(9-37)50-26(17)47-7-6-46-5-4-45-3-2-35-8-14(33-34-35)11-48-22-21(51-52(43)44)16(10-38)49-25(22)36-12-29-18-23(36)31-27(28)32-24(18)42/h8,12,15-17,19-22,25-26,37-38,40-41H,2-7,9-11H2,1H3,(H4-,28,30,31,32,39,42,43,44)/p+1/t15?,16-,17?,19?,20?,21?,22+,25-,26?/m1/s1. The van der Waals surface area contributed by atoms with Crippen LogP contribution in [-0.4, -0.2) is 161 Å². The van der Waals surface area contributed by atoms with Crippen LogP contribution in [0.15, 0.2) is 17.3 Å². The van der Waals surface area contributed by atoms with Gasteiger partial charge in [0.25, 0.3) is 5.56 Å². The number of carbonyl (C=O) groups excluding carboxylic acids is 1. The number of H-pyrrole nitrogens is 1. The van der Waals surface area contributed by atoms with E-state index in [1.54, 1.807) is 6.20 Å². The molecule has 25 heteroatoms. The molecule has 9 N–H and O–H groups in total. The van der Waals surface area contributed by atoms with Crippen molar-refractivity contribution < 1.29 is 67.6 Å². The van der Waals surface area contributed by atoms with E-state index < -0.39 is 88.1 Å². The number of imidazole rings is 1. The van der Waals surface area contributed by atoms with Crippen LogP contribution >= 0.6 is 8.25 Å². The Morgan fingerprint density at radius 1 is 1.06 bits per heavy atom. The van der Waals surface area contributed by atoms with E-state index in [9.17, 15) is 39.5 Å². The predicted molar refractivity (Wildman–Crippen MR) is 170 cm³/mol. The van der Waals surface area contributed by atoms with Crippen molar-refractivity contribution >= 4 is 31.3 Å². The van der Waals surface area contributed by atoms with E-state index in [4.69, 9.17) is 38.7 Å². The monoisotopic (exact) mass is 762 g/mol. The first kappa shape index (κ1) is 39.6. The molecule has 0 saturated carbocycles. The Kier molecular flexibility index (Phi) is 14.0. The molecule has 0 bridgehead atoms. The number of nitrogens with zero attached hydrogens (tertiary/aromatic N) is 6. The molecule has 5 heterocycles. The van der Waals surface area contributed by atoms with Gasteiger partial charge in [0, 0.05) is 11.5 Å². The number of rotatable bonds is 19. The van der Waals surface area contributed by atoms with Crippen LogP contribution < -0.4 is 16.6 Å². The molecule has 2 aliphatic heterocycles. The second-order valence-electron chi connectivity index (χ2n) is 11.6. The first-order chi connectivity index (χ1) is 25.0. The van der Waals surface area contributed by atoms with Crippen LogP contribution in [0.2, 0.25) is 0 Å². The number of hydrogen-bond donors (Lipinski definition) is 8. The molecule has 24 nitrogen and oxygen atoms in total. The number of nitrogen functional groups attached to an aromatic ring is 1. The first-order valence-electron chi connectivity index (χ1n) is 16.0. The zero-order valence-electron chi connectivity index (χ0n) is 27.7. The molecule has 5 rings (SSSR count). The molecule has 0 aromatic carbocycles. The van der Waals surface area contributed by atoms with Gasteiger partial charge in [-0.1, -0.05) is 5.21 Å². The van der Waals surface area contributed by atoms with E-state index in [0.29, 0.717) is 12.2 Å². The van der Waals surface area contributed by atoms with Crippen LogP contribution in [0.1, 0.15) is 18.8 Å². The Bertz CT molecular complexity index is 1690. The van der Waals surface area contributed by atoms with Crippen molar-refractivity contribution in [2.75, 3.05) is 52.0 Å². The Morgan fingerprint density at radius 3 is 2.50 bits per heavy atom. The summed E-state index contributed by atoms with van der Waals surface area (Å²) in [5.74, 6) is -0.637. The topological polar surface area (TPSA) is 332 Å². The molecule has 7 unspecified atom stereocenters. The van der Waals surface area contributed by atoms with Gasteiger partial charge in [-0.05, 0) is 0 Å². The Balaban J connectivity index is 1.06. The van der Waals surface area contributed by atoms with Gasteiger partial charge in [0.05, 0.1) is 71.9 Å².